The molecule has 2 aliphatic heterocycles. The van der Waals surface area contributed by atoms with Crippen molar-refractivity contribution in [3.8, 4) is 5.75 Å². The van der Waals surface area contributed by atoms with E-state index in [1.807, 2.05) is 42.3 Å². The van der Waals surface area contributed by atoms with Gasteiger partial charge in [-0.15, -0.1) is 0 Å². The minimum absolute atomic E-state index is 0.188. The van der Waals surface area contributed by atoms with Gasteiger partial charge in [0, 0.05) is 30.1 Å². The summed E-state index contributed by atoms with van der Waals surface area (Å²) >= 11 is 0. The number of methoxy groups -OCH3 is 1. The molecule has 1 aromatic carbocycles. The number of carbonyl (C=O) groups is 1. The van der Waals surface area contributed by atoms with Crippen LogP contribution in [0.5, 0.6) is 5.75 Å². The topological polar surface area (TPSA) is 57.7 Å². The predicted octanol–water partition coefficient (Wildman–Crippen LogP) is 3.37. The Morgan fingerprint density at radius 1 is 1.25 bits per heavy atom. The standard InChI is InChI=1S/C22H28N4O2/c1-15-10-18(28-3)4-5-19(15)24-21-12-20-17(13-23-21)11-22(27)26(20)14-16-6-8-25(2)9-7-16/h4-5,10,12-13,16H,6-9,11,14H2,1-3H3,(H,23,24). The highest BCUT2D eigenvalue weighted by Crippen LogP contribution is 2.33. The third-order valence-corrected chi connectivity index (χ3v) is 5.87. The zero-order valence-corrected chi connectivity index (χ0v) is 16.9. The fourth-order valence-electron chi connectivity index (χ4n) is 4.07. The fraction of sp³-hybridized carbons (Fsp3) is 0.455. The molecule has 148 valence electrons. The fourth-order valence-corrected chi connectivity index (χ4v) is 4.07. The number of hydrogen-bond donors (Lipinski definition) is 1. The Kier molecular flexibility index (Phi) is 5.22. The molecule has 2 aliphatic rings. The van der Waals surface area contributed by atoms with Gasteiger partial charge in [0.25, 0.3) is 0 Å². The van der Waals surface area contributed by atoms with Crippen molar-refractivity contribution in [2.24, 2.45) is 5.92 Å². The van der Waals surface area contributed by atoms with Gasteiger partial charge in [-0.05, 0) is 69.6 Å². The van der Waals surface area contributed by atoms with E-state index in [1.165, 1.54) is 0 Å². The molecule has 1 aromatic heterocycles. The predicted molar refractivity (Wildman–Crippen MR) is 112 cm³/mol. The number of ether oxygens (including phenoxy) is 1. The van der Waals surface area contributed by atoms with E-state index in [0.29, 0.717) is 12.3 Å². The number of fused-ring (bicyclic) bond motifs is 1. The highest BCUT2D eigenvalue weighted by molar-refractivity contribution is 6.01. The monoisotopic (exact) mass is 380 g/mol. The lowest BCUT2D eigenvalue weighted by molar-refractivity contribution is -0.117. The van der Waals surface area contributed by atoms with Crippen LogP contribution in [0, 0.1) is 12.8 Å². The molecule has 0 unspecified atom stereocenters. The molecular formula is C22H28N4O2. The van der Waals surface area contributed by atoms with Crippen LogP contribution >= 0.6 is 0 Å². The van der Waals surface area contributed by atoms with E-state index in [4.69, 9.17) is 4.74 Å². The Balaban J connectivity index is 1.52. The van der Waals surface area contributed by atoms with Crippen LogP contribution in [-0.2, 0) is 11.2 Å². The van der Waals surface area contributed by atoms with Gasteiger partial charge >= 0.3 is 0 Å². The molecule has 6 heteroatoms. The summed E-state index contributed by atoms with van der Waals surface area (Å²) in [7, 11) is 3.83. The second kappa shape index (κ2) is 7.80. The lowest BCUT2D eigenvalue weighted by Gasteiger charge is -2.31. The van der Waals surface area contributed by atoms with Crippen molar-refractivity contribution < 1.29 is 9.53 Å². The number of benzene rings is 1. The van der Waals surface area contributed by atoms with Crippen molar-refractivity contribution in [1.82, 2.24) is 9.88 Å². The van der Waals surface area contributed by atoms with Crippen molar-refractivity contribution in [2.75, 3.05) is 44.0 Å². The number of nitrogens with zero attached hydrogens (tertiary/aromatic N) is 3. The van der Waals surface area contributed by atoms with E-state index < -0.39 is 0 Å². The first-order valence-corrected chi connectivity index (χ1v) is 9.93. The number of likely N-dealkylation sites (tertiary alicyclic amines) is 1. The number of aromatic nitrogens is 1. The quantitative estimate of drug-likeness (QED) is 0.862. The average Bonchev–Trinajstić information content (AvgIpc) is 3.00. The molecule has 0 aliphatic carbocycles. The minimum Gasteiger partial charge on any atom is -0.497 e. The maximum atomic E-state index is 12.6. The Morgan fingerprint density at radius 3 is 2.75 bits per heavy atom. The van der Waals surface area contributed by atoms with Crippen LogP contribution in [0.3, 0.4) is 0 Å². The van der Waals surface area contributed by atoms with Gasteiger partial charge in [0.05, 0.1) is 19.2 Å². The molecule has 0 spiro atoms. The van der Waals surface area contributed by atoms with E-state index in [1.54, 1.807) is 7.11 Å². The lowest BCUT2D eigenvalue weighted by Crippen LogP contribution is -2.38. The van der Waals surface area contributed by atoms with Crippen LogP contribution in [0.15, 0.2) is 30.5 Å². The second-order valence-corrected chi connectivity index (χ2v) is 7.93. The lowest BCUT2D eigenvalue weighted by atomic mass is 9.96. The SMILES string of the molecule is COc1ccc(Nc2cc3c(cn2)CC(=O)N3CC2CCN(C)CC2)c(C)c1. The maximum absolute atomic E-state index is 12.6. The largest absolute Gasteiger partial charge is 0.497 e. The number of piperidine rings is 1. The Labute approximate surface area is 166 Å². The Morgan fingerprint density at radius 2 is 2.04 bits per heavy atom. The second-order valence-electron chi connectivity index (χ2n) is 7.93. The molecule has 1 N–H and O–H groups in total. The normalized spacial score (nSPS) is 17.7. The number of hydrogen-bond acceptors (Lipinski definition) is 5. The number of nitrogens with one attached hydrogen (secondary N) is 1. The zero-order valence-electron chi connectivity index (χ0n) is 16.9. The van der Waals surface area contributed by atoms with Gasteiger partial charge in [0.2, 0.25) is 5.91 Å². The number of anilines is 3. The molecule has 4 rings (SSSR count). The molecule has 6 nitrogen and oxygen atoms in total. The zero-order chi connectivity index (χ0) is 19.7. The minimum atomic E-state index is 0.188. The van der Waals surface area contributed by atoms with Gasteiger partial charge in [-0.25, -0.2) is 4.98 Å². The van der Waals surface area contributed by atoms with Crippen molar-refractivity contribution in [3.63, 3.8) is 0 Å². The number of rotatable bonds is 5. The van der Waals surface area contributed by atoms with Crippen molar-refractivity contribution in [3.05, 3.63) is 41.6 Å². The maximum Gasteiger partial charge on any atom is 0.231 e. The molecular weight excluding hydrogens is 352 g/mol. The first-order chi connectivity index (χ1) is 13.5. The van der Waals surface area contributed by atoms with Gasteiger partial charge < -0.3 is 19.9 Å². The van der Waals surface area contributed by atoms with Gasteiger partial charge in [0.15, 0.2) is 0 Å². The molecule has 3 heterocycles. The molecule has 0 atom stereocenters. The molecule has 0 radical (unpaired) electrons. The van der Waals surface area contributed by atoms with Crippen LogP contribution in [0.4, 0.5) is 17.2 Å². The van der Waals surface area contributed by atoms with Crippen LogP contribution < -0.4 is 15.0 Å². The van der Waals surface area contributed by atoms with Crippen molar-refractivity contribution >= 4 is 23.1 Å². The smallest absolute Gasteiger partial charge is 0.231 e. The Bertz CT molecular complexity index is 875. The first kappa shape index (κ1) is 18.7. The van der Waals surface area contributed by atoms with Crippen LogP contribution in [0.25, 0.3) is 0 Å². The molecule has 1 saturated heterocycles. The van der Waals surface area contributed by atoms with E-state index >= 15 is 0 Å². The summed E-state index contributed by atoms with van der Waals surface area (Å²) in [5.74, 6) is 2.35. The van der Waals surface area contributed by atoms with E-state index in [-0.39, 0.29) is 5.91 Å². The number of carbonyl (C=O) groups excluding carboxylic acids is 1. The number of aryl methyl sites for hydroxylation is 1. The van der Waals surface area contributed by atoms with Crippen LogP contribution in [0.2, 0.25) is 0 Å². The summed E-state index contributed by atoms with van der Waals surface area (Å²) in [6.07, 6.45) is 4.59. The van der Waals surface area contributed by atoms with Crippen molar-refractivity contribution in [1.29, 1.82) is 0 Å². The molecule has 1 fully saturated rings. The van der Waals surface area contributed by atoms with E-state index in [0.717, 1.165) is 66.5 Å². The van der Waals surface area contributed by atoms with Gasteiger partial charge in [0.1, 0.15) is 11.6 Å². The first-order valence-electron chi connectivity index (χ1n) is 9.93. The van der Waals surface area contributed by atoms with Gasteiger partial charge in [-0.2, -0.15) is 0 Å². The summed E-state index contributed by atoms with van der Waals surface area (Å²) in [5.41, 5.74) is 4.10. The number of amides is 1. The van der Waals surface area contributed by atoms with Gasteiger partial charge in [-0.1, -0.05) is 0 Å². The van der Waals surface area contributed by atoms with Crippen molar-refractivity contribution in [2.45, 2.75) is 26.2 Å². The molecule has 2 aromatic rings. The highest BCUT2D eigenvalue weighted by atomic mass is 16.5. The van der Waals surface area contributed by atoms with Gasteiger partial charge in [-0.3, -0.25) is 4.79 Å². The number of pyridine rings is 1. The summed E-state index contributed by atoms with van der Waals surface area (Å²) in [4.78, 5) is 21.5. The average molecular weight is 380 g/mol. The summed E-state index contributed by atoms with van der Waals surface area (Å²) in [6, 6.07) is 7.92. The molecule has 0 saturated carbocycles. The third-order valence-electron chi connectivity index (χ3n) is 5.87. The van der Waals surface area contributed by atoms with Crippen LogP contribution in [-0.4, -0.2) is 49.6 Å². The third kappa shape index (κ3) is 3.83. The van der Waals surface area contributed by atoms with Crippen LogP contribution in [0.1, 0.15) is 24.0 Å². The molecule has 1 amide bonds. The summed E-state index contributed by atoms with van der Waals surface area (Å²) in [5, 5.41) is 3.39. The summed E-state index contributed by atoms with van der Waals surface area (Å²) in [6.45, 7) is 5.07. The van der Waals surface area contributed by atoms with E-state index in [9.17, 15) is 4.79 Å². The molecule has 28 heavy (non-hydrogen) atoms. The Hall–Kier alpha value is -2.60. The highest BCUT2D eigenvalue weighted by Gasteiger charge is 2.31. The molecule has 0 bridgehead atoms. The summed E-state index contributed by atoms with van der Waals surface area (Å²) < 4.78 is 5.27. The van der Waals surface area contributed by atoms with E-state index in [2.05, 4.69) is 22.2 Å².